The summed E-state index contributed by atoms with van der Waals surface area (Å²) in [6.07, 6.45) is 0. The fraction of sp³-hybridized carbons (Fsp3) is 1.00. The van der Waals surface area contributed by atoms with Crippen LogP contribution in [0.5, 0.6) is 0 Å². The fourth-order valence-electron chi connectivity index (χ4n) is 0.846. The van der Waals surface area contributed by atoms with Crippen molar-refractivity contribution in [2.45, 2.75) is 20.8 Å². The minimum absolute atomic E-state index is 0.0297. The Morgan fingerprint density at radius 3 is 2.29 bits per heavy atom. The maximum Gasteiger partial charge on any atom is 0.472 e. The van der Waals surface area contributed by atoms with Crippen LogP contribution in [0.2, 0.25) is 0 Å². The molecule has 0 heterocycles. The summed E-state index contributed by atoms with van der Waals surface area (Å²) in [6.45, 7) is 5.52. The van der Waals surface area contributed by atoms with Crippen LogP contribution in [-0.2, 0) is 13.6 Å². The van der Waals surface area contributed by atoms with Gasteiger partial charge >= 0.3 is 7.82 Å². The Kier molecular flexibility index (Phi) is 6.57. The van der Waals surface area contributed by atoms with Crippen LogP contribution >= 0.6 is 7.82 Å². The predicted octanol–water partition coefficient (Wildman–Crippen LogP) is 1.40. The molecule has 1 unspecified atom stereocenters. The molecule has 0 fully saturated rings. The molecule has 14 heavy (non-hydrogen) atoms. The second-order valence-electron chi connectivity index (χ2n) is 3.37. The summed E-state index contributed by atoms with van der Waals surface area (Å²) in [7, 11) is -3.91. The molecule has 0 spiro atoms. The van der Waals surface area contributed by atoms with E-state index >= 15 is 0 Å². The van der Waals surface area contributed by atoms with Crippen LogP contribution in [-0.4, -0.2) is 29.8 Å². The summed E-state index contributed by atoms with van der Waals surface area (Å²) in [6, 6.07) is 0. The van der Waals surface area contributed by atoms with E-state index in [4.69, 9.17) is 14.5 Å². The normalized spacial score (nSPS) is 18.1. The van der Waals surface area contributed by atoms with Crippen molar-refractivity contribution in [3.05, 3.63) is 0 Å². The average Bonchev–Trinajstić information content (AvgIpc) is 2.04. The van der Waals surface area contributed by atoms with E-state index in [9.17, 15) is 4.57 Å². The molecule has 0 radical (unpaired) electrons. The number of aliphatic hydroxyl groups excluding tert-OH is 1. The number of aliphatic hydroxyl groups is 1. The molecular weight excluding hydrogens is 207 g/mol. The molecule has 2 N–H and O–H groups in total. The van der Waals surface area contributed by atoms with E-state index in [0.29, 0.717) is 0 Å². The molecule has 5 nitrogen and oxygen atoms in total. The molecule has 0 saturated heterocycles. The van der Waals surface area contributed by atoms with Gasteiger partial charge in [0.15, 0.2) is 0 Å². The second kappa shape index (κ2) is 6.53. The number of phosphoric ester groups is 1. The van der Waals surface area contributed by atoms with Gasteiger partial charge in [-0.05, 0) is 12.8 Å². The predicted molar refractivity (Wildman–Crippen MR) is 52.8 cm³/mol. The zero-order chi connectivity index (χ0) is 11.2. The lowest BCUT2D eigenvalue weighted by atomic mass is 9.98. The molecule has 0 aromatic heterocycles. The lowest BCUT2D eigenvalue weighted by Crippen LogP contribution is -2.19. The van der Waals surface area contributed by atoms with Crippen molar-refractivity contribution < 1.29 is 23.6 Å². The SMILES string of the molecule is CCOP(=O)(O)OC[C@H](CO)C(C)C. The first kappa shape index (κ1) is 14.1. The molecule has 0 aromatic carbocycles. The summed E-state index contributed by atoms with van der Waals surface area (Å²) >= 11 is 0. The third-order valence-corrected chi connectivity index (χ3v) is 2.98. The summed E-state index contributed by atoms with van der Waals surface area (Å²) in [5.41, 5.74) is 0. The van der Waals surface area contributed by atoms with Crippen LogP contribution in [0.4, 0.5) is 0 Å². The summed E-state index contributed by atoms with van der Waals surface area (Å²) in [4.78, 5) is 9.07. The smallest absolute Gasteiger partial charge is 0.396 e. The quantitative estimate of drug-likeness (QED) is 0.642. The minimum Gasteiger partial charge on any atom is -0.396 e. The molecule has 0 rings (SSSR count). The zero-order valence-corrected chi connectivity index (χ0v) is 9.74. The number of phosphoric acid groups is 1. The molecule has 0 aliphatic carbocycles. The van der Waals surface area contributed by atoms with Crippen LogP contribution in [0.25, 0.3) is 0 Å². The van der Waals surface area contributed by atoms with E-state index in [0.717, 1.165) is 0 Å². The molecule has 0 aromatic rings. The van der Waals surface area contributed by atoms with Gasteiger partial charge in [-0.3, -0.25) is 9.05 Å². The first-order chi connectivity index (χ1) is 6.43. The molecular formula is C8H19O5P. The van der Waals surface area contributed by atoms with Crippen LogP contribution in [0.1, 0.15) is 20.8 Å². The summed E-state index contributed by atoms with van der Waals surface area (Å²) < 4.78 is 20.3. The highest BCUT2D eigenvalue weighted by atomic mass is 31.2. The van der Waals surface area contributed by atoms with Crippen molar-refractivity contribution in [2.24, 2.45) is 11.8 Å². The van der Waals surface area contributed by atoms with Crippen molar-refractivity contribution >= 4 is 7.82 Å². The van der Waals surface area contributed by atoms with E-state index in [1.165, 1.54) is 0 Å². The third-order valence-electron chi connectivity index (χ3n) is 1.92. The highest BCUT2D eigenvalue weighted by molar-refractivity contribution is 7.47. The monoisotopic (exact) mass is 226 g/mol. The van der Waals surface area contributed by atoms with Crippen molar-refractivity contribution in [2.75, 3.05) is 19.8 Å². The molecule has 0 aliphatic heterocycles. The Morgan fingerprint density at radius 1 is 1.36 bits per heavy atom. The zero-order valence-electron chi connectivity index (χ0n) is 8.84. The second-order valence-corrected chi connectivity index (χ2v) is 4.82. The summed E-state index contributed by atoms with van der Waals surface area (Å²) in [5.74, 6) is 0.0533. The van der Waals surface area contributed by atoms with Gasteiger partial charge in [0.2, 0.25) is 0 Å². The maximum absolute atomic E-state index is 11.1. The van der Waals surface area contributed by atoms with E-state index in [-0.39, 0.29) is 31.7 Å². The van der Waals surface area contributed by atoms with Crippen LogP contribution < -0.4 is 0 Å². The topological polar surface area (TPSA) is 76.0 Å². The first-order valence-corrected chi connectivity index (χ1v) is 6.15. The van der Waals surface area contributed by atoms with Crippen LogP contribution in [0.15, 0.2) is 0 Å². The Labute approximate surface area is 84.7 Å². The Balaban J connectivity index is 3.96. The van der Waals surface area contributed by atoms with Gasteiger partial charge in [0.05, 0.1) is 13.2 Å². The lowest BCUT2D eigenvalue weighted by Gasteiger charge is -2.19. The summed E-state index contributed by atoms with van der Waals surface area (Å²) in [5, 5.41) is 8.93. The number of rotatable bonds is 7. The fourth-order valence-corrected chi connectivity index (χ4v) is 1.63. The molecule has 0 aliphatic rings. The Morgan fingerprint density at radius 2 is 1.93 bits per heavy atom. The number of hydrogen-bond acceptors (Lipinski definition) is 4. The third kappa shape index (κ3) is 5.73. The van der Waals surface area contributed by atoms with Gasteiger partial charge in [-0.15, -0.1) is 0 Å². The van der Waals surface area contributed by atoms with Crippen LogP contribution in [0.3, 0.4) is 0 Å². The van der Waals surface area contributed by atoms with Gasteiger partial charge in [0.1, 0.15) is 0 Å². The molecule has 2 atom stereocenters. The van der Waals surface area contributed by atoms with Gasteiger partial charge in [0.25, 0.3) is 0 Å². The molecule has 0 bridgehead atoms. The van der Waals surface area contributed by atoms with E-state index < -0.39 is 7.82 Å². The van der Waals surface area contributed by atoms with Crippen LogP contribution in [0, 0.1) is 11.8 Å². The van der Waals surface area contributed by atoms with E-state index in [1.54, 1.807) is 6.92 Å². The lowest BCUT2D eigenvalue weighted by molar-refractivity contribution is 0.0923. The molecule has 86 valence electrons. The average molecular weight is 226 g/mol. The van der Waals surface area contributed by atoms with Gasteiger partial charge in [0, 0.05) is 12.5 Å². The Hall–Kier alpha value is 0.0700. The first-order valence-electron chi connectivity index (χ1n) is 4.65. The van der Waals surface area contributed by atoms with Crippen molar-refractivity contribution in [3.63, 3.8) is 0 Å². The highest BCUT2D eigenvalue weighted by Gasteiger charge is 2.23. The highest BCUT2D eigenvalue weighted by Crippen LogP contribution is 2.43. The van der Waals surface area contributed by atoms with Gasteiger partial charge in [-0.2, -0.15) is 0 Å². The standard InChI is InChI=1S/C8H19O5P/c1-4-12-14(10,11)13-6-8(5-9)7(2)3/h7-9H,4-6H2,1-3H3,(H,10,11)/t8-/m0/s1. The molecule has 0 saturated carbocycles. The van der Waals surface area contributed by atoms with E-state index in [1.807, 2.05) is 13.8 Å². The van der Waals surface area contributed by atoms with Crippen molar-refractivity contribution in [1.82, 2.24) is 0 Å². The van der Waals surface area contributed by atoms with Gasteiger partial charge < -0.3 is 10.00 Å². The van der Waals surface area contributed by atoms with E-state index in [2.05, 4.69) is 4.52 Å². The van der Waals surface area contributed by atoms with Crippen molar-refractivity contribution in [3.8, 4) is 0 Å². The maximum atomic E-state index is 11.1. The largest absolute Gasteiger partial charge is 0.472 e. The van der Waals surface area contributed by atoms with Crippen molar-refractivity contribution in [1.29, 1.82) is 0 Å². The molecule has 6 heteroatoms. The Bertz CT molecular complexity index is 194. The van der Waals surface area contributed by atoms with Gasteiger partial charge in [-0.1, -0.05) is 13.8 Å². The van der Waals surface area contributed by atoms with Gasteiger partial charge in [-0.25, -0.2) is 4.57 Å². The number of hydrogen-bond donors (Lipinski definition) is 2. The minimum atomic E-state index is -3.91. The molecule has 0 amide bonds.